The average Bonchev–Trinajstić information content (AvgIpc) is 2.45. The molecule has 0 aliphatic heterocycles. The van der Waals surface area contributed by atoms with Crippen LogP contribution in [0.5, 0.6) is 11.5 Å². The standard InChI is InChI=1S/C17H17NO2/c1-4-17(19)18-14-8-7-13(3)16(11-14)20-15-9-5-12(2)6-10-15/h4-11H,1H2,2-3H3,(H,18,19). The molecule has 0 aromatic heterocycles. The van der Waals surface area contributed by atoms with Crippen LogP contribution in [-0.2, 0) is 4.79 Å². The molecule has 2 rings (SSSR count). The van der Waals surface area contributed by atoms with Crippen molar-refractivity contribution in [2.45, 2.75) is 13.8 Å². The topological polar surface area (TPSA) is 38.3 Å². The van der Waals surface area contributed by atoms with Crippen LogP contribution in [0.25, 0.3) is 0 Å². The van der Waals surface area contributed by atoms with E-state index in [-0.39, 0.29) is 5.91 Å². The second-order valence-corrected chi connectivity index (χ2v) is 4.59. The highest BCUT2D eigenvalue weighted by molar-refractivity contribution is 5.99. The van der Waals surface area contributed by atoms with Gasteiger partial charge in [-0.1, -0.05) is 30.3 Å². The van der Waals surface area contributed by atoms with E-state index >= 15 is 0 Å². The zero-order valence-electron chi connectivity index (χ0n) is 11.6. The molecule has 1 amide bonds. The van der Waals surface area contributed by atoms with Crippen LogP contribution in [0.1, 0.15) is 11.1 Å². The van der Waals surface area contributed by atoms with Gasteiger partial charge < -0.3 is 10.1 Å². The van der Waals surface area contributed by atoms with Gasteiger partial charge in [0.1, 0.15) is 11.5 Å². The van der Waals surface area contributed by atoms with E-state index in [4.69, 9.17) is 4.74 Å². The maximum Gasteiger partial charge on any atom is 0.247 e. The first kappa shape index (κ1) is 13.9. The molecular weight excluding hydrogens is 250 g/mol. The van der Waals surface area contributed by atoms with Gasteiger partial charge in [-0.3, -0.25) is 4.79 Å². The van der Waals surface area contributed by atoms with E-state index in [1.54, 1.807) is 6.07 Å². The summed E-state index contributed by atoms with van der Waals surface area (Å²) in [6, 6.07) is 13.4. The first-order chi connectivity index (χ1) is 9.58. The summed E-state index contributed by atoms with van der Waals surface area (Å²) < 4.78 is 5.84. The van der Waals surface area contributed by atoms with E-state index in [2.05, 4.69) is 11.9 Å². The molecule has 1 N–H and O–H groups in total. The van der Waals surface area contributed by atoms with Gasteiger partial charge in [0.15, 0.2) is 0 Å². The minimum Gasteiger partial charge on any atom is -0.457 e. The molecule has 0 heterocycles. The van der Waals surface area contributed by atoms with Gasteiger partial charge >= 0.3 is 0 Å². The number of benzene rings is 2. The first-order valence-corrected chi connectivity index (χ1v) is 6.37. The number of ether oxygens (including phenoxy) is 1. The van der Waals surface area contributed by atoms with Crippen LogP contribution in [-0.4, -0.2) is 5.91 Å². The molecule has 3 nitrogen and oxygen atoms in total. The molecule has 2 aromatic carbocycles. The molecule has 0 radical (unpaired) electrons. The monoisotopic (exact) mass is 267 g/mol. The fraction of sp³-hybridized carbons (Fsp3) is 0.118. The predicted octanol–water partition coefficient (Wildman–Crippen LogP) is 4.22. The van der Waals surface area contributed by atoms with Crippen molar-refractivity contribution in [2.24, 2.45) is 0 Å². The zero-order chi connectivity index (χ0) is 14.5. The third-order valence-electron chi connectivity index (χ3n) is 2.89. The van der Waals surface area contributed by atoms with Gasteiger partial charge in [0.2, 0.25) is 5.91 Å². The Morgan fingerprint density at radius 3 is 2.50 bits per heavy atom. The summed E-state index contributed by atoms with van der Waals surface area (Å²) in [4.78, 5) is 11.3. The van der Waals surface area contributed by atoms with Crippen molar-refractivity contribution in [1.82, 2.24) is 0 Å². The Labute approximate surface area is 118 Å². The number of hydrogen-bond acceptors (Lipinski definition) is 2. The lowest BCUT2D eigenvalue weighted by molar-refractivity contribution is -0.111. The normalized spacial score (nSPS) is 9.90. The minimum atomic E-state index is -0.241. The second-order valence-electron chi connectivity index (χ2n) is 4.59. The molecule has 2 aromatic rings. The van der Waals surface area contributed by atoms with E-state index < -0.39 is 0 Å². The van der Waals surface area contributed by atoms with Gasteiger partial charge in [0, 0.05) is 11.8 Å². The van der Waals surface area contributed by atoms with E-state index in [0.29, 0.717) is 5.69 Å². The van der Waals surface area contributed by atoms with Crippen molar-refractivity contribution in [3.05, 3.63) is 66.2 Å². The number of nitrogens with one attached hydrogen (secondary N) is 1. The van der Waals surface area contributed by atoms with E-state index in [0.717, 1.165) is 17.1 Å². The van der Waals surface area contributed by atoms with Crippen molar-refractivity contribution in [3.63, 3.8) is 0 Å². The Kier molecular flexibility index (Phi) is 4.20. The molecule has 0 spiro atoms. The van der Waals surface area contributed by atoms with Crippen LogP contribution < -0.4 is 10.1 Å². The molecule has 0 atom stereocenters. The van der Waals surface area contributed by atoms with Crippen molar-refractivity contribution >= 4 is 11.6 Å². The zero-order valence-corrected chi connectivity index (χ0v) is 11.6. The van der Waals surface area contributed by atoms with Crippen LogP contribution >= 0.6 is 0 Å². The molecule has 0 saturated carbocycles. The van der Waals surface area contributed by atoms with Gasteiger partial charge in [-0.05, 0) is 43.7 Å². The van der Waals surface area contributed by atoms with Crippen LogP contribution in [0.15, 0.2) is 55.1 Å². The van der Waals surface area contributed by atoms with Gasteiger partial charge in [-0.2, -0.15) is 0 Å². The Bertz CT molecular complexity index is 630. The molecule has 0 saturated heterocycles. The highest BCUT2D eigenvalue weighted by Gasteiger charge is 2.05. The number of anilines is 1. The highest BCUT2D eigenvalue weighted by Crippen LogP contribution is 2.28. The summed E-state index contributed by atoms with van der Waals surface area (Å²) in [6.45, 7) is 7.42. The van der Waals surface area contributed by atoms with Crippen LogP contribution in [0.4, 0.5) is 5.69 Å². The van der Waals surface area contributed by atoms with E-state index in [9.17, 15) is 4.79 Å². The first-order valence-electron chi connectivity index (χ1n) is 6.37. The number of carbonyl (C=O) groups excluding carboxylic acids is 1. The third kappa shape index (κ3) is 3.48. The summed E-state index contributed by atoms with van der Waals surface area (Å²) in [7, 11) is 0. The second kappa shape index (κ2) is 6.06. The molecule has 102 valence electrons. The number of carbonyl (C=O) groups is 1. The Morgan fingerprint density at radius 1 is 1.15 bits per heavy atom. The molecule has 0 aliphatic carbocycles. The molecule has 0 unspecified atom stereocenters. The van der Waals surface area contributed by atoms with Gasteiger partial charge in [0.25, 0.3) is 0 Å². The molecule has 0 aliphatic rings. The smallest absolute Gasteiger partial charge is 0.247 e. The maximum absolute atomic E-state index is 11.3. The van der Waals surface area contributed by atoms with Crippen LogP contribution in [0.2, 0.25) is 0 Å². The number of rotatable bonds is 4. The van der Waals surface area contributed by atoms with Crippen LogP contribution in [0.3, 0.4) is 0 Å². The van der Waals surface area contributed by atoms with E-state index in [1.165, 1.54) is 11.6 Å². The fourth-order valence-corrected chi connectivity index (χ4v) is 1.71. The lowest BCUT2D eigenvalue weighted by atomic mass is 10.2. The fourth-order valence-electron chi connectivity index (χ4n) is 1.71. The molecular formula is C17H17NO2. The summed E-state index contributed by atoms with van der Waals surface area (Å²) in [5.41, 5.74) is 2.87. The van der Waals surface area contributed by atoms with Crippen molar-refractivity contribution in [2.75, 3.05) is 5.32 Å². The van der Waals surface area contributed by atoms with Crippen LogP contribution in [0, 0.1) is 13.8 Å². The number of hydrogen-bond donors (Lipinski definition) is 1. The summed E-state index contributed by atoms with van der Waals surface area (Å²) in [5, 5.41) is 2.72. The molecule has 20 heavy (non-hydrogen) atoms. The lowest BCUT2D eigenvalue weighted by Gasteiger charge is -2.11. The Hall–Kier alpha value is -2.55. The van der Waals surface area contributed by atoms with Crippen molar-refractivity contribution < 1.29 is 9.53 Å². The molecule has 0 bridgehead atoms. The SMILES string of the molecule is C=CC(=O)Nc1ccc(C)c(Oc2ccc(C)cc2)c1. The molecule has 0 fully saturated rings. The summed E-state index contributed by atoms with van der Waals surface area (Å²) in [5.74, 6) is 1.25. The maximum atomic E-state index is 11.3. The predicted molar refractivity (Wildman–Crippen MR) is 81.3 cm³/mol. The van der Waals surface area contributed by atoms with Crippen molar-refractivity contribution in [3.8, 4) is 11.5 Å². The third-order valence-corrected chi connectivity index (χ3v) is 2.89. The van der Waals surface area contributed by atoms with Gasteiger partial charge in [-0.25, -0.2) is 0 Å². The quantitative estimate of drug-likeness (QED) is 0.842. The Balaban J connectivity index is 2.22. The number of amides is 1. The minimum absolute atomic E-state index is 0.241. The Morgan fingerprint density at radius 2 is 1.85 bits per heavy atom. The van der Waals surface area contributed by atoms with Crippen molar-refractivity contribution in [1.29, 1.82) is 0 Å². The highest BCUT2D eigenvalue weighted by atomic mass is 16.5. The molecule has 3 heteroatoms. The van der Waals surface area contributed by atoms with E-state index in [1.807, 2.05) is 50.2 Å². The van der Waals surface area contributed by atoms with Gasteiger partial charge in [-0.15, -0.1) is 0 Å². The summed E-state index contributed by atoms with van der Waals surface area (Å²) >= 11 is 0. The van der Waals surface area contributed by atoms with Gasteiger partial charge in [0.05, 0.1) is 0 Å². The summed E-state index contributed by atoms with van der Waals surface area (Å²) in [6.07, 6.45) is 1.24. The lowest BCUT2D eigenvalue weighted by Crippen LogP contribution is -2.07. The average molecular weight is 267 g/mol. The number of aryl methyl sites for hydroxylation is 2. The largest absolute Gasteiger partial charge is 0.457 e.